The number of carboxylic acid groups (broad SMARTS) is 1. The Morgan fingerprint density at radius 3 is 2.35 bits per heavy atom. The predicted octanol–water partition coefficient (Wildman–Crippen LogP) is 8.07. The van der Waals surface area contributed by atoms with Gasteiger partial charge in [0.2, 0.25) is 0 Å². The summed E-state index contributed by atoms with van der Waals surface area (Å²) in [4.78, 5) is 14.2. The summed E-state index contributed by atoms with van der Waals surface area (Å²) in [5.41, 5.74) is 3.87. The van der Waals surface area contributed by atoms with Crippen LogP contribution in [0.5, 0.6) is 0 Å². The highest BCUT2D eigenvalue weighted by Crippen LogP contribution is 2.60. The maximum Gasteiger partial charge on any atom is 0.335 e. The summed E-state index contributed by atoms with van der Waals surface area (Å²) in [7, 11) is -1.55. The van der Waals surface area contributed by atoms with E-state index in [4.69, 9.17) is 11.6 Å². The summed E-state index contributed by atoms with van der Waals surface area (Å²) in [5.74, 6) is -0.670. The number of aryl methyl sites for hydroxylation is 1. The Bertz CT molecular complexity index is 1310. The molecule has 1 heterocycles. The number of benzene rings is 3. The first kappa shape index (κ1) is 26.1. The van der Waals surface area contributed by atoms with Crippen molar-refractivity contribution in [2.75, 3.05) is 18.5 Å². The second-order valence-corrected chi connectivity index (χ2v) is 12.6. The van der Waals surface area contributed by atoms with Gasteiger partial charge < -0.3 is 10.0 Å². The van der Waals surface area contributed by atoms with Gasteiger partial charge in [0, 0.05) is 30.9 Å². The number of aromatic carboxylic acids is 1. The maximum atomic E-state index is 11.8. The van der Waals surface area contributed by atoms with Crippen LogP contribution in [0, 0.1) is 12.8 Å². The maximum absolute atomic E-state index is 11.8. The van der Waals surface area contributed by atoms with E-state index < -0.39 is 16.7 Å². The number of carboxylic acids is 1. The molecule has 1 atom stereocenters. The van der Waals surface area contributed by atoms with E-state index in [0.717, 1.165) is 36.9 Å². The third-order valence-electron chi connectivity index (χ3n) is 7.91. The van der Waals surface area contributed by atoms with Crippen LogP contribution in [0.25, 0.3) is 11.1 Å². The van der Waals surface area contributed by atoms with Crippen molar-refractivity contribution in [3.05, 3.63) is 76.8 Å². The molecule has 3 aromatic carbocycles. The van der Waals surface area contributed by atoms with E-state index in [1.807, 2.05) is 44.3 Å². The van der Waals surface area contributed by atoms with Crippen LogP contribution >= 0.6 is 22.4 Å². The normalized spacial score (nSPS) is 21.2. The van der Waals surface area contributed by atoms with Gasteiger partial charge in [0.15, 0.2) is 0 Å². The molecule has 1 unspecified atom stereocenters. The predicted molar refractivity (Wildman–Crippen MR) is 151 cm³/mol. The summed E-state index contributed by atoms with van der Waals surface area (Å²) in [6.45, 7) is 2.50. The molecule has 1 fully saturated rings. The summed E-state index contributed by atoms with van der Waals surface area (Å²) < 4.78 is 25.4. The van der Waals surface area contributed by atoms with Gasteiger partial charge >= 0.3 is 5.97 Å². The number of fused-ring (bicyclic) bond motifs is 1. The molecule has 3 N–H and O–H groups in total. The lowest BCUT2D eigenvalue weighted by atomic mass is 9.83. The zero-order chi connectivity index (χ0) is 26.3. The van der Waals surface area contributed by atoms with Crippen molar-refractivity contribution in [2.24, 2.45) is 5.92 Å². The van der Waals surface area contributed by atoms with E-state index in [9.17, 15) is 19.0 Å². The van der Waals surface area contributed by atoms with Gasteiger partial charge in [-0.3, -0.25) is 9.11 Å². The number of likely N-dealkylation sites (N-methyl/N-ethyl adjacent to an activating group) is 1. The topological polar surface area (TPSA) is 84.2 Å². The third kappa shape index (κ3) is 4.87. The Morgan fingerprint density at radius 2 is 1.68 bits per heavy atom. The van der Waals surface area contributed by atoms with Crippen LogP contribution in [-0.4, -0.2) is 44.1 Å². The molecule has 1 saturated carbocycles. The van der Waals surface area contributed by atoms with E-state index in [2.05, 4.69) is 4.90 Å². The molecule has 0 aromatic heterocycles. The second-order valence-electron chi connectivity index (χ2n) is 10.1. The number of hydrogen-bond donors (Lipinski definition) is 3. The summed E-state index contributed by atoms with van der Waals surface area (Å²) in [5, 5.41) is 9.98. The van der Waals surface area contributed by atoms with Gasteiger partial charge in [0.05, 0.1) is 21.2 Å². The number of rotatable bonds is 4. The average molecular weight is 541 g/mol. The molecule has 2 aliphatic rings. The SMILES string of the molecule is Cc1ccc(C(=O)O)cc1-c1cc2c(cc1Cl)N(c1ccccc1)CC(C1CCCCC1)N(C)S2(O)O. The fraction of sp³-hybridized carbons (Fsp3) is 0.345. The second kappa shape index (κ2) is 10.3. The molecule has 0 radical (unpaired) electrons. The Labute approximate surface area is 225 Å². The zero-order valence-corrected chi connectivity index (χ0v) is 22.7. The molecule has 1 aliphatic heterocycles. The van der Waals surface area contributed by atoms with Crippen molar-refractivity contribution in [3.63, 3.8) is 0 Å². The molecule has 6 nitrogen and oxygen atoms in total. The first-order chi connectivity index (χ1) is 17.7. The van der Waals surface area contributed by atoms with Gasteiger partial charge in [0.1, 0.15) is 0 Å². The van der Waals surface area contributed by atoms with E-state index in [0.29, 0.717) is 39.2 Å². The van der Waals surface area contributed by atoms with E-state index in [1.165, 1.54) is 6.42 Å². The molecule has 37 heavy (non-hydrogen) atoms. The number of hydrogen-bond acceptors (Lipinski definition) is 5. The van der Waals surface area contributed by atoms with E-state index in [-0.39, 0.29) is 11.6 Å². The van der Waals surface area contributed by atoms with Crippen LogP contribution in [0.3, 0.4) is 0 Å². The zero-order valence-electron chi connectivity index (χ0n) is 21.1. The van der Waals surface area contributed by atoms with Crippen LogP contribution in [0.15, 0.2) is 65.6 Å². The lowest BCUT2D eigenvalue weighted by Crippen LogP contribution is -2.45. The Hall–Kier alpha value is -2.55. The van der Waals surface area contributed by atoms with Crippen molar-refractivity contribution >= 4 is 39.7 Å². The first-order valence-electron chi connectivity index (χ1n) is 12.7. The minimum Gasteiger partial charge on any atom is -0.478 e. The molecule has 0 spiro atoms. The quantitative estimate of drug-likeness (QED) is 0.310. The molecular formula is C29H33ClN2O4S. The Balaban J connectivity index is 1.71. The highest BCUT2D eigenvalue weighted by molar-refractivity contribution is 8.22. The minimum atomic E-state index is -3.37. The van der Waals surface area contributed by atoms with Crippen molar-refractivity contribution in [1.29, 1.82) is 0 Å². The molecule has 1 aliphatic carbocycles. The fourth-order valence-corrected chi connectivity index (χ4v) is 7.70. The Kier molecular flexibility index (Phi) is 7.27. The van der Waals surface area contributed by atoms with E-state index in [1.54, 1.807) is 34.6 Å². The van der Waals surface area contributed by atoms with Crippen molar-refractivity contribution < 1.29 is 19.0 Å². The molecule has 0 saturated heterocycles. The lowest BCUT2D eigenvalue weighted by molar-refractivity contribution is 0.0697. The van der Waals surface area contributed by atoms with E-state index >= 15 is 0 Å². The summed E-state index contributed by atoms with van der Waals surface area (Å²) in [6.07, 6.45) is 5.66. The molecule has 8 heteroatoms. The summed E-state index contributed by atoms with van der Waals surface area (Å²) in [6, 6.07) is 18.4. The standard InChI is InChI=1S/C29H33ClN2O4S/c1-19-13-14-21(29(33)34)15-23(19)24-16-28-26(17-25(24)30)32(22-11-7-4-8-12-22)18-27(31(2)37(28,35)36)20-9-5-3-6-10-20/h4,7-8,11-17,20,27,35-36H,3,5-6,9-10,18H2,1-2H3,(H,33,34). The van der Waals surface area contributed by atoms with Crippen LogP contribution in [0.2, 0.25) is 5.02 Å². The lowest BCUT2D eigenvalue weighted by Gasteiger charge is -2.46. The first-order valence-corrected chi connectivity index (χ1v) is 14.6. The number of nitrogens with zero attached hydrogens (tertiary/aromatic N) is 2. The van der Waals surface area contributed by atoms with Crippen molar-refractivity contribution in [2.45, 2.75) is 50.0 Å². The average Bonchev–Trinajstić information content (AvgIpc) is 2.97. The monoisotopic (exact) mass is 540 g/mol. The number of para-hydroxylation sites is 1. The smallest absolute Gasteiger partial charge is 0.335 e. The van der Waals surface area contributed by atoms with Crippen molar-refractivity contribution in [3.8, 4) is 11.1 Å². The van der Waals surface area contributed by atoms with Gasteiger partial charge in [0.25, 0.3) is 0 Å². The fourth-order valence-electron chi connectivity index (χ4n) is 5.79. The van der Waals surface area contributed by atoms with Gasteiger partial charge in [-0.05, 0) is 73.2 Å². The highest BCUT2D eigenvalue weighted by Gasteiger charge is 2.41. The molecule has 196 valence electrons. The molecule has 0 bridgehead atoms. The van der Waals surface area contributed by atoms with Gasteiger partial charge in [-0.25, -0.2) is 4.79 Å². The van der Waals surface area contributed by atoms with Crippen LogP contribution in [0.4, 0.5) is 11.4 Å². The third-order valence-corrected chi connectivity index (χ3v) is 10.2. The molecular weight excluding hydrogens is 508 g/mol. The Morgan fingerprint density at radius 1 is 0.973 bits per heavy atom. The minimum absolute atomic E-state index is 0.0581. The largest absolute Gasteiger partial charge is 0.478 e. The van der Waals surface area contributed by atoms with Crippen LogP contribution in [-0.2, 0) is 0 Å². The van der Waals surface area contributed by atoms with Gasteiger partial charge in [-0.1, -0.05) is 55.1 Å². The number of anilines is 2. The highest BCUT2D eigenvalue weighted by atomic mass is 35.5. The molecule has 5 rings (SSSR count). The van der Waals surface area contributed by atoms with Crippen LogP contribution < -0.4 is 4.90 Å². The number of carbonyl (C=O) groups is 1. The number of halogens is 1. The van der Waals surface area contributed by atoms with Gasteiger partial charge in [-0.2, -0.15) is 4.31 Å². The van der Waals surface area contributed by atoms with Gasteiger partial charge in [-0.15, -0.1) is 10.8 Å². The summed E-state index contributed by atoms with van der Waals surface area (Å²) >= 11 is 6.88. The molecule has 3 aromatic rings. The van der Waals surface area contributed by atoms with Crippen LogP contribution in [0.1, 0.15) is 48.0 Å². The van der Waals surface area contributed by atoms with Crippen molar-refractivity contribution in [1.82, 2.24) is 4.31 Å². The molecule has 0 amide bonds.